The molecule has 4 nitrogen and oxygen atoms in total. The summed E-state index contributed by atoms with van der Waals surface area (Å²) in [5.41, 5.74) is 10.8. The molecule has 0 saturated carbocycles. The first kappa shape index (κ1) is 11.0. The van der Waals surface area contributed by atoms with Gasteiger partial charge in [-0.3, -0.25) is 4.98 Å². The molecule has 3 N–H and O–H groups in total. The number of nitrogens with zero attached hydrogens (tertiary/aromatic N) is 2. The number of aryl methyl sites for hydroxylation is 1. The Morgan fingerprint density at radius 1 is 1.33 bits per heavy atom. The summed E-state index contributed by atoms with van der Waals surface area (Å²) < 4.78 is 0. The van der Waals surface area contributed by atoms with Gasteiger partial charge in [0.1, 0.15) is 5.52 Å². The van der Waals surface area contributed by atoms with E-state index in [4.69, 9.17) is 10.7 Å². The number of fused-ring (bicyclic) bond motifs is 3. The highest BCUT2D eigenvalue weighted by Crippen LogP contribution is 2.28. The summed E-state index contributed by atoms with van der Waals surface area (Å²) in [7, 11) is 0. The molecule has 4 heteroatoms. The quantitative estimate of drug-likeness (QED) is 0.691. The first-order valence-electron chi connectivity index (χ1n) is 6.31. The zero-order chi connectivity index (χ0) is 12.5. The van der Waals surface area contributed by atoms with Crippen LogP contribution in [0.4, 0.5) is 5.69 Å². The normalized spacial score (nSPS) is 11.4. The molecule has 0 atom stereocenters. The topological polar surface area (TPSA) is 67.6 Å². The summed E-state index contributed by atoms with van der Waals surface area (Å²) in [5.74, 6) is 0. The van der Waals surface area contributed by atoms with Gasteiger partial charge in [0, 0.05) is 11.1 Å². The van der Waals surface area contributed by atoms with Crippen molar-refractivity contribution in [2.24, 2.45) is 0 Å². The van der Waals surface area contributed by atoms with E-state index in [2.05, 4.69) is 16.9 Å². The molecule has 1 aromatic carbocycles. The number of imidazole rings is 1. The maximum absolute atomic E-state index is 6.04. The Labute approximate surface area is 105 Å². The number of anilines is 1. The number of nitrogens with two attached hydrogens (primary N) is 1. The fourth-order valence-electron chi connectivity index (χ4n) is 2.34. The van der Waals surface area contributed by atoms with Gasteiger partial charge in [0.05, 0.1) is 23.1 Å². The number of benzene rings is 1. The first-order valence-corrected chi connectivity index (χ1v) is 6.31. The number of hydrogen-bond acceptors (Lipinski definition) is 3. The molecular weight excluding hydrogens is 224 g/mol. The largest absolute Gasteiger partial charge is 0.398 e. The van der Waals surface area contributed by atoms with Crippen LogP contribution in [0.5, 0.6) is 0 Å². The molecule has 2 aromatic heterocycles. The lowest BCUT2D eigenvalue weighted by molar-refractivity contribution is 0.783. The summed E-state index contributed by atoms with van der Waals surface area (Å²) in [6.07, 6.45) is 4.96. The monoisotopic (exact) mass is 240 g/mol. The predicted octanol–water partition coefficient (Wildman–Crippen LogP) is 3.04. The van der Waals surface area contributed by atoms with E-state index >= 15 is 0 Å². The van der Waals surface area contributed by atoms with Crippen molar-refractivity contribution in [2.75, 3.05) is 5.73 Å². The fourth-order valence-corrected chi connectivity index (χ4v) is 2.34. The maximum Gasteiger partial charge on any atom is 0.110 e. The van der Waals surface area contributed by atoms with Gasteiger partial charge in [-0.1, -0.05) is 19.4 Å². The second-order valence-corrected chi connectivity index (χ2v) is 4.53. The van der Waals surface area contributed by atoms with E-state index in [9.17, 15) is 0 Å². The minimum Gasteiger partial charge on any atom is -0.398 e. The smallest absolute Gasteiger partial charge is 0.110 e. The molecule has 0 bridgehead atoms. The van der Waals surface area contributed by atoms with Gasteiger partial charge in [-0.15, -0.1) is 0 Å². The summed E-state index contributed by atoms with van der Waals surface area (Å²) in [6, 6.07) is 5.84. The Kier molecular flexibility index (Phi) is 2.63. The minimum atomic E-state index is 0.747. The Balaban J connectivity index is 2.33. The SMILES string of the molecule is CCCCc1nc2cccc(N)c2c2[nH]cnc12. The molecule has 0 radical (unpaired) electrons. The van der Waals surface area contributed by atoms with Crippen LogP contribution in [0.1, 0.15) is 25.5 Å². The number of pyridine rings is 1. The molecule has 92 valence electrons. The standard InChI is InChI=1S/C14H16N4/c1-2-3-6-11-13-14(17-8-16-13)12-9(15)5-4-7-10(12)18-11/h4-5,7-8H,2-3,6,15H2,1H3,(H,16,17). The Hall–Kier alpha value is -2.10. The van der Waals surface area contributed by atoms with E-state index in [1.165, 1.54) is 0 Å². The van der Waals surface area contributed by atoms with Gasteiger partial charge in [-0.05, 0) is 25.0 Å². The number of nitrogen functional groups attached to an aromatic ring is 1. The van der Waals surface area contributed by atoms with Crippen molar-refractivity contribution in [3.63, 3.8) is 0 Å². The molecule has 18 heavy (non-hydrogen) atoms. The summed E-state index contributed by atoms with van der Waals surface area (Å²) in [4.78, 5) is 12.3. The van der Waals surface area contributed by atoms with Gasteiger partial charge < -0.3 is 10.7 Å². The van der Waals surface area contributed by atoms with Crippen molar-refractivity contribution in [1.29, 1.82) is 0 Å². The van der Waals surface area contributed by atoms with Gasteiger partial charge in [0.2, 0.25) is 0 Å². The average molecular weight is 240 g/mol. The van der Waals surface area contributed by atoms with Crippen LogP contribution in [0, 0.1) is 0 Å². The van der Waals surface area contributed by atoms with Gasteiger partial charge in [0.15, 0.2) is 0 Å². The van der Waals surface area contributed by atoms with Gasteiger partial charge in [0.25, 0.3) is 0 Å². The second-order valence-electron chi connectivity index (χ2n) is 4.53. The Morgan fingerprint density at radius 2 is 2.22 bits per heavy atom. The Morgan fingerprint density at radius 3 is 3.06 bits per heavy atom. The molecule has 3 rings (SSSR count). The molecule has 0 saturated heterocycles. The first-order chi connectivity index (χ1) is 8.81. The number of unbranched alkanes of at least 4 members (excludes halogenated alkanes) is 1. The van der Waals surface area contributed by atoms with Gasteiger partial charge >= 0.3 is 0 Å². The van der Waals surface area contributed by atoms with Crippen LogP contribution in [0.2, 0.25) is 0 Å². The van der Waals surface area contributed by atoms with E-state index in [0.717, 1.165) is 52.6 Å². The lowest BCUT2D eigenvalue weighted by Crippen LogP contribution is -1.96. The lowest BCUT2D eigenvalue weighted by Gasteiger charge is -2.06. The number of H-pyrrole nitrogens is 1. The molecule has 0 fully saturated rings. The molecule has 0 aliphatic heterocycles. The van der Waals surface area contributed by atoms with Crippen molar-refractivity contribution in [1.82, 2.24) is 15.0 Å². The number of nitrogens with one attached hydrogen (secondary N) is 1. The van der Waals surface area contributed by atoms with Crippen molar-refractivity contribution in [3.05, 3.63) is 30.2 Å². The summed E-state index contributed by atoms with van der Waals surface area (Å²) in [5, 5.41) is 0.977. The van der Waals surface area contributed by atoms with E-state index in [-0.39, 0.29) is 0 Å². The van der Waals surface area contributed by atoms with Crippen LogP contribution < -0.4 is 5.73 Å². The van der Waals surface area contributed by atoms with Crippen LogP contribution in [0.15, 0.2) is 24.5 Å². The van der Waals surface area contributed by atoms with E-state index in [1.54, 1.807) is 6.33 Å². The summed E-state index contributed by atoms with van der Waals surface area (Å²) in [6.45, 7) is 2.18. The van der Waals surface area contributed by atoms with Gasteiger partial charge in [-0.2, -0.15) is 0 Å². The van der Waals surface area contributed by atoms with Crippen LogP contribution >= 0.6 is 0 Å². The van der Waals surface area contributed by atoms with E-state index in [1.807, 2.05) is 18.2 Å². The highest BCUT2D eigenvalue weighted by Gasteiger charge is 2.11. The molecule has 0 amide bonds. The second kappa shape index (κ2) is 4.29. The molecule has 0 aliphatic rings. The minimum absolute atomic E-state index is 0.747. The lowest BCUT2D eigenvalue weighted by atomic mass is 10.1. The molecule has 2 heterocycles. The number of aromatic nitrogens is 3. The third-order valence-corrected chi connectivity index (χ3v) is 3.26. The van der Waals surface area contributed by atoms with Crippen molar-refractivity contribution < 1.29 is 0 Å². The maximum atomic E-state index is 6.04. The molecule has 0 spiro atoms. The predicted molar refractivity (Wildman–Crippen MR) is 74.4 cm³/mol. The number of rotatable bonds is 3. The van der Waals surface area contributed by atoms with Crippen LogP contribution in [0.3, 0.4) is 0 Å². The Bertz CT molecular complexity index is 699. The average Bonchev–Trinajstić information content (AvgIpc) is 2.85. The van der Waals surface area contributed by atoms with Crippen molar-refractivity contribution in [3.8, 4) is 0 Å². The molecule has 3 aromatic rings. The number of aromatic amines is 1. The van der Waals surface area contributed by atoms with Crippen molar-refractivity contribution in [2.45, 2.75) is 26.2 Å². The third kappa shape index (κ3) is 1.61. The summed E-state index contributed by atoms with van der Waals surface area (Å²) >= 11 is 0. The van der Waals surface area contributed by atoms with Crippen molar-refractivity contribution >= 4 is 27.6 Å². The van der Waals surface area contributed by atoms with Crippen LogP contribution in [-0.2, 0) is 6.42 Å². The van der Waals surface area contributed by atoms with Crippen LogP contribution in [0.25, 0.3) is 21.9 Å². The highest BCUT2D eigenvalue weighted by atomic mass is 14.9. The molecule has 0 unspecified atom stereocenters. The van der Waals surface area contributed by atoms with Crippen LogP contribution in [-0.4, -0.2) is 15.0 Å². The van der Waals surface area contributed by atoms with E-state index < -0.39 is 0 Å². The van der Waals surface area contributed by atoms with Gasteiger partial charge in [-0.25, -0.2) is 4.98 Å². The zero-order valence-electron chi connectivity index (χ0n) is 10.4. The van der Waals surface area contributed by atoms with E-state index in [0.29, 0.717) is 0 Å². The third-order valence-electron chi connectivity index (χ3n) is 3.26. The highest BCUT2D eigenvalue weighted by molar-refractivity contribution is 6.09. The molecular formula is C14H16N4. The number of hydrogen-bond donors (Lipinski definition) is 2. The zero-order valence-corrected chi connectivity index (χ0v) is 10.4. The molecule has 0 aliphatic carbocycles. The fraction of sp³-hybridized carbons (Fsp3) is 0.286.